The lowest BCUT2D eigenvalue weighted by Gasteiger charge is -2.31. The molecule has 0 aliphatic carbocycles. The van der Waals surface area contributed by atoms with Crippen molar-refractivity contribution in [1.29, 1.82) is 0 Å². The third kappa shape index (κ3) is 2.60. The second kappa shape index (κ2) is 5.41. The maximum atomic E-state index is 3.50. The number of hydrogen-bond donors (Lipinski definition) is 1. The molecule has 0 bridgehead atoms. The van der Waals surface area contributed by atoms with Crippen molar-refractivity contribution in [1.82, 2.24) is 10.2 Å². The summed E-state index contributed by atoms with van der Waals surface area (Å²) in [5, 5.41) is 3.50. The molecule has 1 fully saturated rings. The summed E-state index contributed by atoms with van der Waals surface area (Å²) >= 11 is 0. The SMILES string of the molecule is Cc1cc(C)c(C(C2CCNC2)N(C)C)cc1C. The molecule has 1 aliphatic rings. The minimum atomic E-state index is 0.541. The average Bonchev–Trinajstić information content (AvgIpc) is 2.79. The molecule has 0 radical (unpaired) electrons. The van der Waals surface area contributed by atoms with Gasteiger partial charge in [0.2, 0.25) is 0 Å². The highest BCUT2D eigenvalue weighted by molar-refractivity contribution is 5.38. The summed E-state index contributed by atoms with van der Waals surface area (Å²) in [4.78, 5) is 2.38. The highest BCUT2D eigenvalue weighted by atomic mass is 15.1. The Hall–Kier alpha value is -0.860. The Kier molecular flexibility index (Phi) is 4.08. The van der Waals surface area contributed by atoms with Gasteiger partial charge in [0.05, 0.1) is 0 Å². The average molecular weight is 246 g/mol. The zero-order valence-electron chi connectivity index (χ0n) is 12.4. The van der Waals surface area contributed by atoms with Gasteiger partial charge in [-0.05, 0) is 82.5 Å². The van der Waals surface area contributed by atoms with Gasteiger partial charge < -0.3 is 10.2 Å². The van der Waals surface area contributed by atoms with Crippen LogP contribution in [-0.4, -0.2) is 32.1 Å². The summed E-state index contributed by atoms with van der Waals surface area (Å²) < 4.78 is 0. The molecule has 2 rings (SSSR count). The van der Waals surface area contributed by atoms with Gasteiger partial charge in [-0.2, -0.15) is 0 Å². The highest BCUT2D eigenvalue weighted by Crippen LogP contribution is 2.33. The zero-order chi connectivity index (χ0) is 13.3. The quantitative estimate of drug-likeness (QED) is 0.882. The van der Waals surface area contributed by atoms with Gasteiger partial charge in [0.25, 0.3) is 0 Å². The Labute approximate surface area is 111 Å². The number of nitrogens with one attached hydrogen (secondary N) is 1. The molecule has 1 saturated heterocycles. The van der Waals surface area contributed by atoms with Crippen LogP contribution in [0.15, 0.2) is 12.1 Å². The summed E-state index contributed by atoms with van der Waals surface area (Å²) in [5.74, 6) is 0.737. The van der Waals surface area contributed by atoms with E-state index in [1.807, 2.05) is 0 Å². The summed E-state index contributed by atoms with van der Waals surface area (Å²) in [6, 6.07) is 5.27. The fourth-order valence-electron chi connectivity index (χ4n) is 3.20. The minimum absolute atomic E-state index is 0.541. The van der Waals surface area contributed by atoms with Gasteiger partial charge in [-0.3, -0.25) is 0 Å². The fraction of sp³-hybridized carbons (Fsp3) is 0.625. The van der Waals surface area contributed by atoms with Crippen molar-refractivity contribution in [3.8, 4) is 0 Å². The summed E-state index contributed by atoms with van der Waals surface area (Å²) in [7, 11) is 4.41. The van der Waals surface area contributed by atoms with Crippen molar-refractivity contribution < 1.29 is 0 Å². The van der Waals surface area contributed by atoms with Crippen molar-refractivity contribution in [2.24, 2.45) is 5.92 Å². The molecule has 2 unspecified atom stereocenters. The van der Waals surface area contributed by atoms with Gasteiger partial charge in [0, 0.05) is 6.04 Å². The molecule has 0 saturated carbocycles. The van der Waals surface area contributed by atoms with E-state index in [9.17, 15) is 0 Å². The van der Waals surface area contributed by atoms with Crippen LogP contribution in [0.2, 0.25) is 0 Å². The maximum Gasteiger partial charge on any atom is 0.0385 e. The molecule has 1 aromatic carbocycles. The topological polar surface area (TPSA) is 15.3 Å². The van der Waals surface area contributed by atoms with Crippen molar-refractivity contribution in [3.63, 3.8) is 0 Å². The highest BCUT2D eigenvalue weighted by Gasteiger charge is 2.28. The molecule has 0 aromatic heterocycles. The van der Waals surface area contributed by atoms with Gasteiger partial charge in [0.1, 0.15) is 0 Å². The van der Waals surface area contributed by atoms with Gasteiger partial charge in [-0.1, -0.05) is 12.1 Å². The first-order valence-corrected chi connectivity index (χ1v) is 6.95. The number of benzene rings is 1. The standard InChI is InChI=1S/C16H26N2/c1-11-8-13(3)15(9-12(11)2)16(18(4)5)14-6-7-17-10-14/h8-9,14,16-17H,6-7,10H2,1-5H3. The third-order valence-electron chi connectivity index (χ3n) is 4.30. The van der Waals surface area contributed by atoms with Crippen LogP contribution < -0.4 is 5.32 Å². The lowest BCUT2D eigenvalue weighted by Crippen LogP contribution is -2.29. The molecular formula is C16H26N2. The molecule has 1 N–H and O–H groups in total. The van der Waals surface area contributed by atoms with Gasteiger partial charge in [-0.15, -0.1) is 0 Å². The Bertz CT molecular complexity index is 417. The van der Waals surface area contributed by atoms with Crippen LogP contribution in [0.3, 0.4) is 0 Å². The molecule has 18 heavy (non-hydrogen) atoms. The first-order chi connectivity index (χ1) is 8.50. The van der Waals surface area contributed by atoms with Crippen molar-refractivity contribution in [2.75, 3.05) is 27.2 Å². The molecular weight excluding hydrogens is 220 g/mol. The minimum Gasteiger partial charge on any atom is -0.316 e. The van der Waals surface area contributed by atoms with E-state index < -0.39 is 0 Å². The van der Waals surface area contributed by atoms with Gasteiger partial charge in [0.15, 0.2) is 0 Å². The molecule has 1 aromatic rings. The molecule has 100 valence electrons. The molecule has 0 spiro atoms. The van der Waals surface area contributed by atoms with E-state index in [1.165, 1.54) is 35.2 Å². The summed E-state index contributed by atoms with van der Waals surface area (Å²) in [5.41, 5.74) is 5.76. The van der Waals surface area contributed by atoms with Crippen LogP contribution in [0.25, 0.3) is 0 Å². The molecule has 1 aliphatic heterocycles. The Morgan fingerprint density at radius 3 is 2.33 bits per heavy atom. The Morgan fingerprint density at radius 2 is 1.78 bits per heavy atom. The monoisotopic (exact) mass is 246 g/mol. The predicted molar refractivity (Wildman–Crippen MR) is 78.1 cm³/mol. The first kappa shape index (κ1) is 13.6. The number of rotatable bonds is 3. The molecule has 1 heterocycles. The Morgan fingerprint density at radius 1 is 1.11 bits per heavy atom. The predicted octanol–water partition coefficient (Wildman–Crippen LogP) is 2.82. The van der Waals surface area contributed by atoms with E-state index in [0.29, 0.717) is 6.04 Å². The van der Waals surface area contributed by atoms with Crippen molar-refractivity contribution in [2.45, 2.75) is 33.2 Å². The summed E-state index contributed by atoms with van der Waals surface area (Å²) in [6.07, 6.45) is 1.29. The second-order valence-electron chi connectivity index (χ2n) is 5.95. The van der Waals surface area contributed by atoms with Crippen LogP contribution in [0, 0.1) is 26.7 Å². The third-order valence-corrected chi connectivity index (χ3v) is 4.30. The first-order valence-electron chi connectivity index (χ1n) is 6.95. The van der Waals surface area contributed by atoms with E-state index in [2.05, 4.69) is 57.2 Å². The van der Waals surface area contributed by atoms with Crippen LogP contribution in [0.1, 0.15) is 34.7 Å². The van der Waals surface area contributed by atoms with Crippen molar-refractivity contribution in [3.05, 3.63) is 34.4 Å². The molecule has 2 atom stereocenters. The largest absolute Gasteiger partial charge is 0.316 e. The second-order valence-corrected chi connectivity index (χ2v) is 5.95. The maximum absolute atomic E-state index is 3.50. The van der Waals surface area contributed by atoms with Crippen LogP contribution in [0.4, 0.5) is 0 Å². The fourth-order valence-corrected chi connectivity index (χ4v) is 3.20. The number of nitrogens with zero attached hydrogens (tertiary/aromatic N) is 1. The van der Waals surface area contributed by atoms with E-state index in [1.54, 1.807) is 0 Å². The smallest absolute Gasteiger partial charge is 0.0385 e. The van der Waals surface area contributed by atoms with E-state index in [-0.39, 0.29) is 0 Å². The van der Waals surface area contributed by atoms with Crippen molar-refractivity contribution >= 4 is 0 Å². The van der Waals surface area contributed by atoms with Crippen LogP contribution in [0.5, 0.6) is 0 Å². The van der Waals surface area contributed by atoms with E-state index in [4.69, 9.17) is 0 Å². The zero-order valence-corrected chi connectivity index (χ0v) is 12.4. The number of aryl methyl sites for hydroxylation is 3. The van der Waals surface area contributed by atoms with Crippen LogP contribution in [-0.2, 0) is 0 Å². The van der Waals surface area contributed by atoms with Crippen LogP contribution >= 0.6 is 0 Å². The van der Waals surface area contributed by atoms with E-state index >= 15 is 0 Å². The normalized spacial score (nSPS) is 21.6. The molecule has 2 nitrogen and oxygen atoms in total. The van der Waals surface area contributed by atoms with E-state index in [0.717, 1.165) is 12.5 Å². The van der Waals surface area contributed by atoms with Gasteiger partial charge in [-0.25, -0.2) is 0 Å². The van der Waals surface area contributed by atoms with Gasteiger partial charge >= 0.3 is 0 Å². The lowest BCUT2D eigenvalue weighted by atomic mass is 9.87. The molecule has 2 heteroatoms. The summed E-state index contributed by atoms with van der Waals surface area (Å²) in [6.45, 7) is 8.99. The Balaban J connectivity index is 2.39. The molecule has 0 amide bonds. The number of hydrogen-bond acceptors (Lipinski definition) is 2. The lowest BCUT2D eigenvalue weighted by molar-refractivity contribution is 0.222.